The number of nitrogens with zero attached hydrogens (tertiary/aromatic N) is 2. The molecule has 10 rings (SSSR count). The lowest BCUT2D eigenvalue weighted by molar-refractivity contribution is 1.26. The molecular weight excluding hydrogens is 536 g/mol. The molecular formula is C40H26N4. The van der Waals surface area contributed by atoms with Gasteiger partial charge >= 0.3 is 0 Å². The highest BCUT2D eigenvalue weighted by molar-refractivity contribution is 6.18. The Morgan fingerprint density at radius 3 is 1.27 bits per heavy atom. The van der Waals surface area contributed by atoms with Crippen LogP contribution >= 0.6 is 0 Å². The van der Waals surface area contributed by atoms with Crippen LogP contribution in [0.3, 0.4) is 0 Å². The molecule has 10 aromatic rings. The minimum absolute atomic E-state index is 1.14. The molecule has 4 nitrogen and oxygen atoms in total. The van der Waals surface area contributed by atoms with E-state index in [9.17, 15) is 0 Å². The lowest BCUT2D eigenvalue weighted by atomic mass is 10.0. The third-order valence-electron chi connectivity index (χ3n) is 9.21. The van der Waals surface area contributed by atoms with Crippen molar-refractivity contribution in [2.24, 2.45) is 0 Å². The van der Waals surface area contributed by atoms with Crippen LogP contribution in [0.4, 0.5) is 0 Å². The Kier molecular flexibility index (Phi) is 4.69. The summed E-state index contributed by atoms with van der Waals surface area (Å²) in [5, 5.41) is 2.44. The third kappa shape index (κ3) is 3.17. The van der Waals surface area contributed by atoms with Gasteiger partial charge in [0.2, 0.25) is 0 Å². The Morgan fingerprint density at radius 2 is 0.818 bits per heavy atom. The molecule has 4 aromatic carbocycles. The molecule has 6 aromatic heterocycles. The minimum atomic E-state index is 1.14. The summed E-state index contributed by atoms with van der Waals surface area (Å²) in [6.45, 7) is 0. The van der Waals surface area contributed by atoms with Gasteiger partial charge in [0.25, 0.3) is 0 Å². The predicted molar refractivity (Wildman–Crippen MR) is 183 cm³/mol. The number of hydrogen-bond acceptors (Lipinski definition) is 0. The maximum Gasteiger partial charge on any atom is 0.0793 e. The molecule has 0 fully saturated rings. The lowest BCUT2D eigenvalue weighted by Gasteiger charge is -2.05. The molecule has 0 saturated carbocycles. The maximum atomic E-state index is 3.77. The Hall–Kier alpha value is -6.00. The minimum Gasteiger partial charge on any atom is -0.353 e. The van der Waals surface area contributed by atoms with Gasteiger partial charge in [0.1, 0.15) is 0 Å². The van der Waals surface area contributed by atoms with Crippen molar-refractivity contribution < 1.29 is 0 Å². The number of aromatic nitrogens is 4. The second-order valence-corrected chi connectivity index (χ2v) is 11.6. The molecule has 0 aliphatic carbocycles. The fourth-order valence-electron chi connectivity index (χ4n) is 7.31. The van der Waals surface area contributed by atoms with Crippen LogP contribution in [0.5, 0.6) is 0 Å². The molecule has 0 saturated heterocycles. The summed E-state index contributed by atoms with van der Waals surface area (Å²) in [5.74, 6) is 0. The zero-order chi connectivity index (χ0) is 28.8. The van der Waals surface area contributed by atoms with E-state index in [4.69, 9.17) is 0 Å². The summed E-state index contributed by atoms with van der Waals surface area (Å²) in [6, 6.07) is 47.9. The monoisotopic (exact) mass is 562 g/mol. The van der Waals surface area contributed by atoms with Gasteiger partial charge in [0, 0.05) is 45.3 Å². The topological polar surface area (TPSA) is 40.4 Å². The molecule has 206 valence electrons. The van der Waals surface area contributed by atoms with Gasteiger partial charge in [0.15, 0.2) is 0 Å². The fraction of sp³-hybridized carbons (Fsp3) is 0. The van der Waals surface area contributed by atoms with Crippen LogP contribution in [0.25, 0.3) is 88.3 Å². The molecule has 4 heteroatoms. The summed E-state index contributed by atoms with van der Waals surface area (Å²) < 4.78 is 4.66. The van der Waals surface area contributed by atoms with Gasteiger partial charge in [-0.05, 0) is 70.8 Å². The first-order valence-corrected chi connectivity index (χ1v) is 15.0. The van der Waals surface area contributed by atoms with E-state index in [0.29, 0.717) is 0 Å². The smallest absolute Gasteiger partial charge is 0.0793 e. The van der Waals surface area contributed by atoms with Gasteiger partial charge in [0.05, 0.1) is 33.1 Å². The van der Waals surface area contributed by atoms with Crippen molar-refractivity contribution in [3.8, 4) is 33.4 Å². The normalized spacial score (nSPS) is 12.1. The number of H-pyrrole nitrogens is 2. The Labute approximate surface area is 252 Å². The molecule has 0 amide bonds. The first-order valence-electron chi connectivity index (χ1n) is 15.0. The van der Waals surface area contributed by atoms with E-state index < -0.39 is 0 Å². The standard InChI is InChI=1S/C40H26N4/c1-3-11-25(12-4-1)35-33-15-7-9-21-43(33)39-29-23-27(17-19-31(29)41-37(35)39)28-18-20-32-30(24-28)40-38(42-32)36(26-13-5-2-6-14-26)34-16-8-10-22-44(34)40/h1-24,41-42H. The Bertz CT molecular complexity index is 2510. The van der Waals surface area contributed by atoms with Gasteiger partial charge in [-0.1, -0.05) is 84.9 Å². The van der Waals surface area contributed by atoms with Crippen molar-refractivity contribution >= 4 is 54.9 Å². The fourth-order valence-corrected chi connectivity index (χ4v) is 7.31. The zero-order valence-electron chi connectivity index (χ0n) is 23.8. The van der Waals surface area contributed by atoms with E-state index >= 15 is 0 Å². The van der Waals surface area contributed by atoms with Crippen LogP contribution in [0.2, 0.25) is 0 Å². The second-order valence-electron chi connectivity index (χ2n) is 11.6. The van der Waals surface area contributed by atoms with E-state index in [2.05, 4.69) is 165 Å². The number of aromatic amines is 2. The molecule has 6 heterocycles. The predicted octanol–water partition coefficient (Wildman–Crippen LogP) is 10.5. The van der Waals surface area contributed by atoms with E-state index in [1.165, 1.54) is 77.3 Å². The number of rotatable bonds is 3. The van der Waals surface area contributed by atoms with Crippen molar-refractivity contribution in [2.75, 3.05) is 0 Å². The van der Waals surface area contributed by atoms with E-state index in [1.807, 2.05) is 0 Å². The molecule has 0 bridgehead atoms. The molecule has 0 radical (unpaired) electrons. The van der Waals surface area contributed by atoms with E-state index in [0.717, 1.165) is 11.0 Å². The second kappa shape index (κ2) is 8.76. The van der Waals surface area contributed by atoms with Gasteiger partial charge in [-0.25, -0.2) is 0 Å². The van der Waals surface area contributed by atoms with Crippen molar-refractivity contribution in [2.45, 2.75) is 0 Å². The summed E-state index contributed by atoms with van der Waals surface area (Å²) in [6.07, 6.45) is 4.35. The van der Waals surface area contributed by atoms with E-state index in [-0.39, 0.29) is 0 Å². The van der Waals surface area contributed by atoms with Crippen LogP contribution in [-0.2, 0) is 0 Å². The quantitative estimate of drug-likeness (QED) is 0.215. The Balaban J connectivity index is 1.22. The molecule has 2 N–H and O–H groups in total. The number of hydrogen-bond donors (Lipinski definition) is 2. The van der Waals surface area contributed by atoms with Crippen molar-refractivity contribution in [3.63, 3.8) is 0 Å². The third-order valence-corrected chi connectivity index (χ3v) is 9.21. The summed E-state index contributed by atoms with van der Waals surface area (Å²) in [4.78, 5) is 7.54. The van der Waals surface area contributed by atoms with Crippen LogP contribution in [0.15, 0.2) is 146 Å². The molecule has 0 atom stereocenters. The van der Waals surface area contributed by atoms with Crippen molar-refractivity contribution in [1.82, 2.24) is 18.8 Å². The highest BCUT2D eigenvalue weighted by Gasteiger charge is 2.20. The lowest BCUT2D eigenvalue weighted by Crippen LogP contribution is -1.85. The molecule has 0 spiro atoms. The summed E-state index contributed by atoms with van der Waals surface area (Å²) in [5.41, 5.74) is 16.8. The van der Waals surface area contributed by atoms with Crippen LogP contribution in [0.1, 0.15) is 0 Å². The van der Waals surface area contributed by atoms with Gasteiger partial charge < -0.3 is 18.8 Å². The van der Waals surface area contributed by atoms with Crippen LogP contribution < -0.4 is 0 Å². The largest absolute Gasteiger partial charge is 0.353 e. The van der Waals surface area contributed by atoms with Crippen LogP contribution in [0, 0.1) is 0 Å². The Morgan fingerprint density at radius 1 is 0.386 bits per heavy atom. The first-order chi connectivity index (χ1) is 21.8. The van der Waals surface area contributed by atoms with E-state index in [1.54, 1.807) is 0 Å². The first kappa shape index (κ1) is 23.6. The average molecular weight is 563 g/mol. The van der Waals surface area contributed by atoms with Gasteiger partial charge in [-0.15, -0.1) is 0 Å². The zero-order valence-corrected chi connectivity index (χ0v) is 23.8. The average Bonchev–Trinajstić information content (AvgIpc) is 3.81. The van der Waals surface area contributed by atoms with Crippen molar-refractivity contribution in [1.29, 1.82) is 0 Å². The maximum absolute atomic E-state index is 3.77. The number of benzene rings is 4. The van der Waals surface area contributed by atoms with Crippen molar-refractivity contribution in [3.05, 3.63) is 146 Å². The summed E-state index contributed by atoms with van der Waals surface area (Å²) in [7, 11) is 0. The van der Waals surface area contributed by atoms with Gasteiger partial charge in [-0.2, -0.15) is 0 Å². The highest BCUT2D eigenvalue weighted by Crippen LogP contribution is 2.42. The molecule has 0 aliphatic rings. The van der Waals surface area contributed by atoms with Crippen LogP contribution in [-0.4, -0.2) is 18.8 Å². The molecule has 0 unspecified atom stereocenters. The molecule has 0 aliphatic heterocycles. The highest BCUT2D eigenvalue weighted by atomic mass is 14.9. The number of fused-ring (bicyclic) bond motifs is 10. The number of pyridine rings is 2. The van der Waals surface area contributed by atoms with Gasteiger partial charge in [-0.3, -0.25) is 0 Å². The summed E-state index contributed by atoms with van der Waals surface area (Å²) >= 11 is 0. The SMILES string of the molecule is c1ccc(-c2c3[nH]c4ccc(-c5ccc6[nH]c7c(-c8ccccc8)c8ccccn8c7c6c5)cc4c3n3ccccc23)cc1. The molecule has 44 heavy (non-hydrogen) atoms. The number of nitrogens with one attached hydrogen (secondary N) is 2.